The van der Waals surface area contributed by atoms with E-state index < -0.39 is 16.4 Å². The fraction of sp³-hybridized carbons (Fsp3) is 0. The highest BCUT2D eigenvalue weighted by Gasteiger charge is 2.14. The molecule has 0 aliphatic carbocycles. The molecule has 3 rings (SSSR count). The summed E-state index contributed by atoms with van der Waals surface area (Å²) in [6.07, 6.45) is 1.09. The van der Waals surface area contributed by atoms with Crippen molar-refractivity contribution < 1.29 is 9.72 Å². The van der Waals surface area contributed by atoms with Gasteiger partial charge in [0.05, 0.1) is 15.8 Å². The normalized spacial score (nSPS) is 10.5. The van der Waals surface area contributed by atoms with Crippen LogP contribution in [0.3, 0.4) is 0 Å². The number of carbonyl (C=O) groups excluding carboxylic acids is 1. The lowest BCUT2D eigenvalue weighted by Gasteiger charge is -2.05. The Morgan fingerprint density at radius 3 is 2.55 bits per heavy atom. The van der Waals surface area contributed by atoms with Crippen molar-refractivity contribution in [2.45, 2.75) is 0 Å². The van der Waals surface area contributed by atoms with E-state index in [1.807, 2.05) is 0 Å². The molecule has 0 amide bonds. The number of aromatic nitrogens is 2. The molecule has 0 saturated heterocycles. The van der Waals surface area contributed by atoms with E-state index in [0.29, 0.717) is 5.56 Å². The molecule has 0 spiro atoms. The molecule has 7 heteroatoms. The molecular formula is C15H9N3O4. The fourth-order valence-electron chi connectivity index (χ4n) is 2.09. The summed E-state index contributed by atoms with van der Waals surface area (Å²) in [7, 11) is 0. The first-order valence-electron chi connectivity index (χ1n) is 6.33. The molecule has 0 saturated carbocycles. The number of benzene rings is 2. The quantitative estimate of drug-likeness (QED) is 0.532. The van der Waals surface area contributed by atoms with Crippen LogP contribution in [0.2, 0.25) is 0 Å². The molecule has 3 aromatic rings. The molecule has 108 valence electrons. The van der Waals surface area contributed by atoms with Crippen molar-refractivity contribution in [1.29, 1.82) is 0 Å². The third-order valence-corrected chi connectivity index (χ3v) is 3.19. The fourth-order valence-corrected chi connectivity index (χ4v) is 2.09. The van der Waals surface area contributed by atoms with Gasteiger partial charge >= 0.3 is 0 Å². The number of rotatable bonds is 2. The van der Waals surface area contributed by atoms with Crippen molar-refractivity contribution in [3.63, 3.8) is 0 Å². The molecule has 0 aliphatic heterocycles. The molecule has 0 N–H and O–H groups in total. The maximum absolute atomic E-state index is 12.4. The van der Waals surface area contributed by atoms with Crippen molar-refractivity contribution in [3.05, 3.63) is 80.9 Å². The van der Waals surface area contributed by atoms with Crippen LogP contribution in [0.1, 0.15) is 10.4 Å². The summed E-state index contributed by atoms with van der Waals surface area (Å²) >= 11 is 0. The maximum Gasteiger partial charge on any atom is 0.271 e. The number of nitro groups is 1. The zero-order valence-electron chi connectivity index (χ0n) is 11.2. The van der Waals surface area contributed by atoms with Crippen LogP contribution in [0.4, 0.5) is 5.69 Å². The van der Waals surface area contributed by atoms with Crippen LogP contribution in [-0.4, -0.2) is 20.4 Å². The number of carbonyl (C=O) groups is 1. The predicted molar refractivity (Wildman–Crippen MR) is 78.8 cm³/mol. The van der Waals surface area contributed by atoms with E-state index in [4.69, 9.17) is 0 Å². The van der Waals surface area contributed by atoms with E-state index in [2.05, 4.69) is 4.98 Å². The Morgan fingerprint density at radius 2 is 1.86 bits per heavy atom. The van der Waals surface area contributed by atoms with Gasteiger partial charge in [0, 0.05) is 17.7 Å². The highest BCUT2D eigenvalue weighted by Crippen LogP contribution is 2.16. The van der Waals surface area contributed by atoms with Crippen LogP contribution < -0.4 is 5.56 Å². The minimum Gasteiger partial charge on any atom is -0.268 e. The van der Waals surface area contributed by atoms with Gasteiger partial charge < -0.3 is 0 Å². The minimum absolute atomic E-state index is 0.150. The third kappa shape index (κ3) is 2.24. The van der Waals surface area contributed by atoms with Crippen molar-refractivity contribution in [2.75, 3.05) is 0 Å². The van der Waals surface area contributed by atoms with Crippen molar-refractivity contribution in [1.82, 2.24) is 9.55 Å². The monoisotopic (exact) mass is 295 g/mol. The van der Waals surface area contributed by atoms with Gasteiger partial charge in [-0.15, -0.1) is 0 Å². The highest BCUT2D eigenvalue weighted by atomic mass is 16.6. The Balaban J connectivity index is 2.15. The van der Waals surface area contributed by atoms with Gasteiger partial charge in [-0.1, -0.05) is 18.2 Å². The first-order chi connectivity index (χ1) is 10.6. The second-order valence-corrected chi connectivity index (χ2v) is 4.55. The minimum atomic E-state index is -0.568. The van der Waals surface area contributed by atoms with Gasteiger partial charge in [-0.25, -0.2) is 9.55 Å². The Labute approximate surface area is 123 Å². The number of nitro benzene ring substituents is 1. The number of hydrogen-bond acceptors (Lipinski definition) is 5. The molecule has 0 bridgehead atoms. The summed E-state index contributed by atoms with van der Waals surface area (Å²) in [5.41, 5.74) is -0.190. The molecule has 22 heavy (non-hydrogen) atoms. The molecule has 0 unspecified atom stereocenters. The summed E-state index contributed by atoms with van der Waals surface area (Å²) in [6.45, 7) is 0. The van der Waals surface area contributed by atoms with Gasteiger partial charge in [-0.2, -0.15) is 0 Å². The number of fused-ring (bicyclic) bond motifs is 1. The van der Waals surface area contributed by atoms with E-state index >= 15 is 0 Å². The third-order valence-electron chi connectivity index (χ3n) is 3.19. The molecule has 7 nitrogen and oxygen atoms in total. The van der Waals surface area contributed by atoms with Crippen LogP contribution in [0, 0.1) is 10.1 Å². The topological polar surface area (TPSA) is 95.1 Å². The van der Waals surface area contributed by atoms with Gasteiger partial charge in [-0.3, -0.25) is 19.7 Å². The molecule has 0 atom stereocenters. The van der Waals surface area contributed by atoms with Crippen molar-refractivity contribution in [2.24, 2.45) is 0 Å². The van der Waals surface area contributed by atoms with Gasteiger partial charge in [-0.05, 0) is 18.2 Å². The SMILES string of the molecule is O=C(c1ccccc1)n1cnc2cc([N+](=O)[O-])ccc2c1=O. The van der Waals surface area contributed by atoms with E-state index in [1.54, 1.807) is 30.3 Å². The molecule has 2 aromatic carbocycles. The van der Waals surface area contributed by atoms with Crippen LogP contribution in [0.15, 0.2) is 59.7 Å². The van der Waals surface area contributed by atoms with E-state index in [1.165, 1.54) is 18.2 Å². The van der Waals surface area contributed by atoms with Crippen LogP contribution in [0.5, 0.6) is 0 Å². The summed E-state index contributed by atoms with van der Waals surface area (Å²) in [5.74, 6) is -0.502. The van der Waals surface area contributed by atoms with Crippen molar-refractivity contribution in [3.8, 4) is 0 Å². The first kappa shape index (κ1) is 13.6. The smallest absolute Gasteiger partial charge is 0.268 e. The number of hydrogen-bond donors (Lipinski definition) is 0. The van der Waals surface area contributed by atoms with Gasteiger partial charge in [0.25, 0.3) is 17.2 Å². The molecule has 0 aliphatic rings. The lowest BCUT2D eigenvalue weighted by Crippen LogP contribution is -2.27. The summed E-state index contributed by atoms with van der Waals surface area (Å²) in [4.78, 5) is 38.8. The predicted octanol–water partition coefficient (Wildman–Crippen LogP) is 1.99. The molecule has 0 fully saturated rings. The average Bonchev–Trinajstić information content (AvgIpc) is 2.55. The Hall–Kier alpha value is -3.35. The van der Waals surface area contributed by atoms with Gasteiger partial charge in [0.1, 0.15) is 6.33 Å². The summed E-state index contributed by atoms with van der Waals surface area (Å²) in [5, 5.41) is 10.9. The zero-order valence-corrected chi connectivity index (χ0v) is 11.2. The lowest BCUT2D eigenvalue weighted by atomic mass is 10.2. The number of non-ortho nitro benzene ring substituents is 1. The van der Waals surface area contributed by atoms with E-state index in [9.17, 15) is 19.7 Å². The highest BCUT2D eigenvalue weighted by molar-refractivity contribution is 5.96. The summed E-state index contributed by atoms with van der Waals surface area (Å²) < 4.78 is 0.892. The second kappa shape index (κ2) is 5.21. The molecule has 1 aromatic heterocycles. The first-order valence-corrected chi connectivity index (χ1v) is 6.33. The largest absolute Gasteiger partial charge is 0.271 e. The average molecular weight is 295 g/mol. The van der Waals surface area contributed by atoms with E-state index in [0.717, 1.165) is 10.9 Å². The molecule has 1 heterocycles. The summed E-state index contributed by atoms with van der Waals surface area (Å²) in [6, 6.07) is 12.0. The van der Waals surface area contributed by atoms with E-state index in [-0.39, 0.29) is 16.6 Å². The van der Waals surface area contributed by atoms with Crippen LogP contribution in [0.25, 0.3) is 10.9 Å². The van der Waals surface area contributed by atoms with Gasteiger partial charge in [0.15, 0.2) is 0 Å². The Bertz CT molecular complexity index is 948. The number of nitrogens with zero attached hydrogens (tertiary/aromatic N) is 3. The van der Waals surface area contributed by atoms with Crippen molar-refractivity contribution >= 4 is 22.5 Å². The Morgan fingerprint density at radius 1 is 1.14 bits per heavy atom. The van der Waals surface area contributed by atoms with Gasteiger partial charge in [0.2, 0.25) is 0 Å². The standard InChI is InChI=1S/C15H9N3O4/c19-14(10-4-2-1-3-5-10)17-9-16-13-8-11(18(21)22)6-7-12(13)15(17)20/h1-9H. The van der Waals surface area contributed by atoms with Crippen LogP contribution in [-0.2, 0) is 0 Å². The second-order valence-electron chi connectivity index (χ2n) is 4.55. The molecule has 0 radical (unpaired) electrons. The molecular weight excluding hydrogens is 286 g/mol. The Kier molecular flexibility index (Phi) is 3.23. The zero-order chi connectivity index (χ0) is 15.7. The lowest BCUT2D eigenvalue weighted by molar-refractivity contribution is -0.384. The maximum atomic E-state index is 12.4. The van der Waals surface area contributed by atoms with Crippen LogP contribution >= 0.6 is 0 Å².